The molecule has 19 heavy (non-hydrogen) atoms. The molecule has 0 atom stereocenters. The highest BCUT2D eigenvalue weighted by atomic mass is 32.1. The van der Waals surface area contributed by atoms with Gasteiger partial charge in [0, 0.05) is 24.2 Å². The Morgan fingerprint density at radius 1 is 1.47 bits per heavy atom. The van der Waals surface area contributed by atoms with Crippen molar-refractivity contribution in [3.05, 3.63) is 35.0 Å². The van der Waals surface area contributed by atoms with Crippen LogP contribution in [0.4, 0.5) is 5.13 Å². The molecule has 0 bridgehead atoms. The number of esters is 1. The number of carbonyl (C=O) groups excluding carboxylic acids is 1. The number of aromatic nitrogens is 2. The van der Waals surface area contributed by atoms with Crippen molar-refractivity contribution in [3.8, 4) is 5.88 Å². The van der Waals surface area contributed by atoms with Crippen LogP contribution < -0.4 is 10.1 Å². The second-order valence-electron chi connectivity index (χ2n) is 3.59. The summed E-state index contributed by atoms with van der Waals surface area (Å²) >= 11 is 1.35. The molecule has 1 N–H and O–H groups in total. The molecule has 100 valence electrons. The van der Waals surface area contributed by atoms with Gasteiger partial charge in [-0.2, -0.15) is 0 Å². The van der Waals surface area contributed by atoms with Crippen molar-refractivity contribution in [2.75, 3.05) is 19.5 Å². The van der Waals surface area contributed by atoms with E-state index in [4.69, 9.17) is 4.74 Å². The first kappa shape index (κ1) is 13.3. The molecule has 2 aromatic rings. The van der Waals surface area contributed by atoms with Crippen LogP contribution in [0.25, 0.3) is 0 Å². The summed E-state index contributed by atoms with van der Waals surface area (Å²) in [6.45, 7) is 0.576. The Kier molecular flexibility index (Phi) is 4.30. The number of hydrogen-bond donors (Lipinski definition) is 1. The molecule has 0 aromatic carbocycles. The Labute approximate surface area is 114 Å². The first-order chi connectivity index (χ1) is 9.22. The first-order valence-electron chi connectivity index (χ1n) is 5.49. The van der Waals surface area contributed by atoms with Crippen LogP contribution in [0.5, 0.6) is 5.88 Å². The van der Waals surface area contributed by atoms with E-state index >= 15 is 0 Å². The van der Waals surface area contributed by atoms with Crippen LogP contribution in [0.3, 0.4) is 0 Å². The lowest BCUT2D eigenvalue weighted by atomic mass is 10.3. The topological polar surface area (TPSA) is 73.3 Å². The van der Waals surface area contributed by atoms with Gasteiger partial charge in [-0.3, -0.25) is 0 Å². The number of thiazole rings is 1. The fourth-order valence-corrected chi connectivity index (χ4v) is 2.08. The Morgan fingerprint density at radius 2 is 2.32 bits per heavy atom. The fraction of sp³-hybridized carbons (Fsp3) is 0.250. The van der Waals surface area contributed by atoms with Crippen molar-refractivity contribution in [1.82, 2.24) is 9.97 Å². The lowest BCUT2D eigenvalue weighted by Crippen LogP contribution is -2.03. The normalized spacial score (nSPS) is 10.0. The van der Waals surface area contributed by atoms with Gasteiger partial charge in [0.25, 0.3) is 0 Å². The number of nitrogens with one attached hydrogen (secondary N) is 1. The minimum Gasteiger partial charge on any atom is -0.481 e. The molecule has 7 heteroatoms. The molecule has 0 saturated carbocycles. The van der Waals surface area contributed by atoms with Crippen LogP contribution in [-0.4, -0.2) is 30.2 Å². The summed E-state index contributed by atoms with van der Waals surface area (Å²) in [5.74, 6) is 0.128. The molecule has 0 unspecified atom stereocenters. The summed E-state index contributed by atoms with van der Waals surface area (Å²) in [6.07, 6.45) is 1.68. The number of anilines is 1. The number of hydrogen-bond acceptors (Lipinski definition) is 7. The van der Waals surface area contributed by atoms with Crippen molar-refractivity contribution < 1.29 is 14.3 Å². The zero-order valence-electron chi connectivity index (χ0n) is 10.5. The lowest BCUT2D eigenvalue weighted by molar-refractivity contribution is 0.0595. The highest BCUT2D eigenvalue weighted by Gasteiger charge is 2.10. The third-order valence-electron chi connectivity index (χ3n) is 2.35. The minimum absolute atomic E-state index is 0.308. The maximum absolute atomic E-state index is 11.3. The summed E-state index contributed by atoms with van der Waals surface area (Å²) in [5.41, 5.74) is 1.32. The summed E-state index contributed by atoms with van der Waals surface area (Å²) < 4.78 is 9.64. The zero-order chi connectivity index (χ0) is 13.7. The molecule has 0 amide bonds. The summed E-state index contributed by atoms with van der Waals surface area (Å²) in [7, 11) is 2.90. The molecule has 0 radical (unpaired) electrons. The van der Waals surface area contributed by atoms with E-state index in [-0.39, 0.29) is 0 Å². The van der Waals surface area contributed by atoms with E-state index in [0.29, 0.717) is 23.3 Å². The number of methoxy groups -OCH3 is 2. The summed E-state index contributed by atoms with van der Waals surface area (Å²) in [6, 6.07) is 3.71. The maximum atomic E-state index is 11.3. The van der Waals surface area contributed by atoms with Crippen molar-refractivity contribution in [2.45, 2.75) is 6.54 Å². The van der Waals surface area contributed by atoms with Gasteiger partial charge in [-0.1, -0.05) is 0 Å². The predicted octanol–water partition coefficient (Wildman–Crippen LogP) is 1.95. The maximum Gasteiger partial charge on any atom is 0.357 e. The van der Waals surface area contributed by atoms with E-state index in [1.807, 2.05) is 12.1 Å². The zero-order valence-corrected chi connectivity index (χ0v) is 11.4. The number of rotatable bonds is 5. The van der Waals surface area contributed by atoms with Crippen LogP contribution in [0, 0.1) is 0 Å². The van der Waals surface area contributed by atoms with Crippen molar-refractivity contribution in [2.24, 2.45) is 0 Å². The van der Waals surface area contributed by atoms with Gasteiger partial charge in [0.05, 0.1) is 14.2 Å². The fourth-order valence-electron chi connectivity index (χ4n) is 1.40. The average molecular weight is 279 g/mol. The van der Waals surface area contributed by atoms with Gasteiger partial charge >= 0.3 is 5.97 Å². The Morgan fingerprint density at radius 3 is 3.05 bits per heavy atom. The van der Waals surface area contributed by atoms with Gasteiger partial charge in [-0.05, 0) is 11.6 Å². The summed E-state index contributed by atoms with van der Waals surface area (Å²) in [4.78, 5) is 19.4. The quantitative estimate of drug-likeness (QED) is 0.843. The minimum atomic E-state index is -0.435. The Balaban J connectivity index is 1.98. The molecule has 2 aromatic heterocycles. The van der Waals surface area contributed by atoms with Crippen LogP contribution >= 0.6 is 11.3 Å². The van der Waals surface area contributed by atoms with Crippen molar-refractivity contribution in [3.63, 3.8) is 0 Å². The monoisotopic (exact) mass is 279 g/mol. The average Bonchev–Trinajstić information content (AvgIpc) is 2.93. The molecule has 0 fully saturated rings. The van der Waals surface area contributed by atoms with E-state index in [2.05, 4.69) is 20.0 Å². The summed E-state index contributed by atoms with van der Waals surface area (Å²) in [5, 5.41) is 5.45. The highest BCUT2D eigenvalue weighted by Crippen LogP contribution is 2.17. The molecule has 2 rings (SSSR count). The molecule has 0 aliphatic heterocycles. The molecule has 0 spiro atoms. The Bertz CT molecular complexity index is 571. The van der Waals surface area contributed by atoms with E-state index in [9.17, 15) is 4.79 Å². The standard InChI is InChI=1S/C12H13N3O3S/c1-17-10-5-8(3-4-13-10)6-14-12-15-9(7-19-12)11(16)18-2/h3-5,7H,6H2,1-2H3,(H,14,15). The molecular formula is C12H13N3O3S. The van der Waals surface area contributed by atoms with Gasteiger partial charge < -0.3 is 14.8 Å². The third-order valence-corrected chi connectivity index (χ3v) is 3.15. The molecule has 0 aliphatic carbocycles. The molecule has 0 aliphatic rings. The third kappa shape index (κ3) is 3.41. The van der Waals surface area contributed by atoms with Gasteiger partial charge in [-0.15, -0.1) is 11.3 Å². The molecule has 0 saturated heterocycles. The van der Waals surface area contributed by atoms with Gasteiger partial charge in [-0.25, -0.2) is 14.8 Å². The lowest BCUT2D eigenvalue weighted by Gasteiger charge is -2.04. The predicted molar refractivity (Wildman–Crippen MR) is 71.6 cm³/mol. The van der Waals surface area contributed by atoms with E-state index in [1.165, 1.54) is 18.4 Å². The number of ether oxygens (including phenoxy) is 2. The highest BCUT2D eigenvalue weighted by molar-refractivity contribution is 7.13. The SMILES string of the molecule is COC(=O)c1csc(NCc2ccnc(OC)c2)n1. The van der Waals surface area contributed by atoms with Gasteiger partial charge in [0.15, 0.2) is 10.8 Å². The second-order valence-corrected chi connectivity index (χ2v) is 4.45. The van der Waals surface area contributed by atoms with Crippen LogP contribution in [0.1, 0.15) is 16.1 Å². The van der Waals surface area contributed by atoms with E-state index in [0.717, 1.165) is 5.56 Å². The molecule has 6 nitrogen and oxygen atoms in total. The van der Waals surface area contributed by atoms with Crippen LogP contribution in [0.2, 0.25) is 0 Å². The largest absolute Gasteiger partial charge is 0.481 e. The first-order valence-corrected chi connectivity index (χ1v) is 6.37. The van der Waals surface area contributed by atoms with E-state index in [1.54, 1.807) is 18.7 Å². The smallest absolute Gasteiger partial charge is 0.357 e. The van der Waals surface area contributed by atoms with Gasteiger partial charge in [0.2, 0.25) is 5.88 Å². The number of carbonyl (C=O) groups is 1. The second kappa shape index (κ2) is 6.14. The molecule has 2 heterocycles. The van der Waals surface area contributed by atoms with Crippen molar-refractivity contribution in [1.29, 1.82) is 0 Å². The van der Waals surface area contributed by atoms with Crippen molar-refractivity contribution >= 4 is 22.4 Å². The van der Waals surface area contributed by atoms with E-state index < -0.39 is 5.97 Å². The number of pyridine rings is 1. The van der Waals surface area contributed by atoms with Crippen LogP contribution in [0.15, 0.2) is 23.7 Å². The van der Waals surface area contributed by atoms with Crippen LogP contribution in [-0.2, 0) is 11.3 Å². The Hall–Kier alpha value is -2.15. The number of nitrogens with zero attached hydrogens (tertiary/aromatic N) is 2. The van der Waals surface area contributed by atoms with Gasteiger partial charge in [0.1, 0.15) is 0 Å². The molecular weight excluding hydrogens is 266 g/mol.